The van der Waals surface area contributed by atoms with Gasteiger partial charge in [-0.1, -0.05) is 86.7 Å². The largest absolute Gasteiger partial charge is 0.243 e. The summed E-state index contributed by atoms with van der Waals surface area (Å²) in [6, 6.07) is 8.82. The Morgan fingerprint density at radius 1 is 0.875 bits per heavy atom. The van der Waals surface area contributed by atoms with Crippen LogP contribution in [0.2, 0.25) is 49.3 Å². The van der Waals surface area contributed by atoms with Crippen LogP contribution in [0, 0.1) is 0 Å². The van der Waals surface area contributed by atoms with Gasteiger partial charge in [0.1, 0.15) is 21.4 Å². The number of fused-ring (bicyclic) bond motifs is 1. The first kappa shape index (κ1) is 19.9. The van der Waals surface area contributed by atoms with Crippen LogP contribution in [-0.2, 0) is 10.0 Å². The molecule has 0 fully saturated rings. The maximum absolute atomic E-state index is 13.5. The standard InChI is InChI=1S/C16H23Cl2NO2SSi2/c1-23(2,3)19(24(4,5)6)22(20,21)15-11-14(17)12-9-7-8-10-13(12)16(15)18/h7-11H,1-6H3. The van der Waals surface area contributed by atoms with Crippen LogP contribution in [0.5, 0.6) is 0 Å². The average molecular weight is 421 g/mol. The van der Waals surface area contributed by atoms with E-state index in [2.05, 4.69) is 0 Å². The topological polar surface area (TPSA) is 37.4 Å². The molecule has 0 spiro atoms. The van der Waals surface area contributed by atoms with E-state index in [0.717, 1.165) is 5.39 Å². The summed E-state index contributed by atoms with van der Waals surface area (Å²) < 4.78 is 28.8. The van der Waals surface area contributed by atoms with Crippen molar-refractivity contribution in [2.24, 2.45) is 0 Å². The van der Waals surface area contributed by atoms with Gasteiger partial charge in [0.05, 0.1) is 5.02 Å². The first-order valence-corrected chi connectivity index (χ1v) is 16.8. The van der Waals surface area contributed by atoms with E-state index in [1.807, 2.05) is 57.5 Å². The second-order valence-electron chi connectivity index (χ2n) is 7.83. The highest BCUT2D eigenvalue weighted by Crippen LogP contribution is 2.39. The van der Waals surface area contributed by atoms with E-state index in [-0.39, 0.29) is 9.92 Å². The van der Waals surface area contributed by atoms with Crippen LogP contribution >= 0.6 is 23.2 Å². The number of halogens is 2. The minimum Gasteiger partial charge on any atom is -0.243 e. The van der Waals surface area contributed by atoms with E-state index < -0.39 is 26.5 Å². The molecular weight excluding hydrogens is 397 g/mol. The monoisotopic (exact) mass is 419 g/mol. The first-order valence-electron chi connectivity index (χ1n) is 7.70. The second-order valence-corrected chi connectivity index (χ2v) is 21.0. The molecule has 0 bridgehead atoms. The quantitative estimate of drug-likeness (QED) is 0.586. The van der Waals surface area contributed by atoms with Gasteiger partial charge in [0.15, 0.2) is 0 Å². The number of rotatable bonds is 4. The third-order valence-corrected chi connectivity index (χ3v) is 17.0. The van der Waals surface area contributed by atoms with Crippen LogP contribution in [0.4, 0.5) is 0 Å². The molecule has 0 saturated carbocycles. The van der Waals surface area contributed by atoms with Gasteiger partial charge in [0.25, 0.3) is 0 Å². The van der Waals surface area contributed by atoms with Crippen molar-refractivity contribution in [3.05, 3.63) is 40.4 Å². The van der Waals surface area contributed by atoms with Gasteiger partial charge >= 0.3 is 0 Å². The van der Waals surface area contributed by atoms with Crippen molar-refractivity contribution in [3.63, 3.8) is 0 Å². The highest BCUT2D eigenvalue weighted by Gasteiger charge is 2.44. The van der Waals surface area contributed by atoms with Crippen LogP contribution < -0.4 is 0 Å². The van der Waals surface area contributed by atoms with Crippen molar-refractivity contribution in [1.29, 1.82) is 0 Å². The van der Waals surface area contributed by atoms with Crippen molar-refractivity contribution in [3.8, 4) is 0 Å². The van der Waals surface area contributed by atoms with Gasteiger partial charge in [-0.3, -0.25) is 0 Å². The number of sulfonamides is 1. The smallest absolute Gasteiger partial charge is 0.232 e. The fourth-order valence-corrected chi connectivity index (χ4v) is 19.3. The Bertz CT molecular complexity index is 873. The summed E-state index contributed by atoms with van der Waals surface area (Å²) in [5, 5.41) is 2.07. The van der Waals surface area contributed by atoms with E-state index in [1.54, 1.807) is 9.70 Å². The Hall–Kier alpha value is -0.376. The number of hydrogen-bond donors (Lipinski definition) is 0. The zero-order valence-electron chi connectivity index (χ0n) is 14.8. The van der Waals surface area contributed by atoms with E-state index in [1.165, 1.54) is 6.07 Å². The van der Waals surface area contributed by atoms with Crippen molar-refractivity contribution in [2.75, 3.05) is 0 Å². The Labute approximate surface area is 156 Å². The fourth-order valence-electron chi connectivity index (χ4n) is 3.29. The lowest BCUT2D eigenvalue weighted by atomic mass is 10.1. The van der Waals surface area contributed by atoms with E-state index in [0.29, 0.717) is 10.4 Å². The molecule has 0 aliphatic rings. The van der Waals surface area contributed by atoms with Crippen LogP contribution in [-0.4, -0.2) is 28.5 Å². The van der Waals surface area contributed by atoms with Gasteiger partial charge in [-0.2, -0.15) is 0 Å². The maximum atomic E-state index is 13.5. The molecule has 0 radical (unpaired) electrons. The molecule has 0 saturated heterocycles. The minimum atomic E-state index is -3.72. The Morgan fingerprint density at radius 2 is 1.33 bits per heavy atom. The van der Waals surface area contributed by atoms with Crippen LogP contribution in [0.15, 0.2) is 35.2 Å². The molecule has 0 aromatic heterocycles. The summed E-state index contributed by atoms with van der Waals surface area (Å²) in [5.74, 6) is 0. The molecule has 0 aliphatic heterocycles. The molecule has 2 aromatic rings. The summed E-state index contributed by atoms with van der Waals surface area (Å²) in [6.07, 6.45) is 0. The Balaban J connectivity index is 2.83. The molecule has 0 atom stereocenters. The third-order valence-electron chi connectivity index (χ3n) is 3.63. The molecule has 8 heteroatoms. The van der Waals surface area contributed by atoms with Gasteiger partial charge in [0, 0.05) is 15.8 Å². The lowest BCUT2D eigenvalue weighted by Crippen LogP contribution is -2.61. The van der Waals surface area contributed by atoms with Crippen LogP contribution in [0.25, 0.3) is 10.8 Å². The van der Waals surface area contributed by atoms with Crippen molar-refractivity contribution >= 4 is 60.5 Å². The van der Waals surface area contributed by atoms with Crippen molar-refractivity contribution < 1.29 is 8.42 Å². The summed E-state index contributed by atoms with van der Waals surface area (Å²) in [4.78, 5) is 0.109. The molecule has 0 aliphatic carbocycles. The highest BCUT2D eigenvalue weighted by atomic mass is 35.5. The molecule has 0 unspecified atom stereocenters. The van der Waals surface area contributed by atoms with Crippen LogP contribution in [0.3, 0.4) is 0 Å². The number of benzene rings is 2. The van der Waals surface area contributed by atoms with Gasteiger partial charge in [-0.05, 0) is 6.07 Å². The van der Waals surface area contributed by atoms with Crippen molar-refractivity contribution in [1.82, 2.24) is 3.64 Å². The SMILES string of the molecule is C[Si](C)(C)N([Si](C)(C)C)S(=O)(=O)c1cc(Cl)c2ccccc2c1Cl. The molecule has 3 nitrogen and oxygen atoms in total. The maximum Gasteiger partial charge on any atom is 0.232 e. The fraction of sp³-hybridized carbons (Fsp3) is 0.375. The summed E-state index contributed by atoms with van der Waals surface area (Å²) in [7, 11) is -8.01. The molecule has 132 valence electrons. The molecule has 2 aromatic carbocycles. The minimum absolute atomic E-state index is 0.109. The normalized spacial score (nSPS) is 13.7. The molecule has 0 heterocycles. The number of nitrogens with zero attached hydrogens (tertiary/aromatic N) is 1. The first-order chi connectivity index (χ1) is 10.8. The summed E-state index contributed by atoms with van der Waals surface area (Å²) in [5.41, 5.74) is 0. The zero-order valence-corrected chi connectivity index (χ0v) is 19.1. The predicted molar refractivity (Wildman–Crippen MR) is 110 cm³/mol. The van der Waals surface area contributed by atoms with Gasteiger partial charge < -0.3 is 0 Å². The Morgan fingerprint density at radius 3 is 1.79 bits per heavy atom. The highest BCUT2D eigenvalue weighted by molar-refractivity contribution is 7.92. The lowest BCUT2D eigenvalue weighted by molar-refractivity contribution is 0.572. The van der Waals surface area contributed by atoms with Gasteiger partial charge in [-0.15, -0.1) is 0 Å². The molecule has 0 N–H and O–H groups in total. The average Bonchev–Trinajstić information content (AvgIpc) is 2.38. The summed E-state index contributed by atoms with van der Waals surface area (Å²) in [6.45, 7) is 12.2. The summed E-state index contributed by atoms with van der Waals surface area (Å²) >= 11 is 12.9. The number of hydrogen-bond acceptors (Lipinski definition) is 2. The van der Waals surface area contributed by atoms with Crippen LogP contribution in [0.1, 0.15) is 0 Å². The second kappa shape index (κ2) is 6.41. The molecule has 0 amide bonds. The third kappa shape index (κ3) is 3.59. The van der Waals surface area contributed by atoms with E-state index in [4.69, 9.17) is 23.2 Å². The Kier molecular flexibility index (Phi) is 5.33. The molecular formula is C16H23Cl2NO2SSi2. The van der Waals surface area contributed by atoms with E-state index in [9.17, 15) is 8.42 Å². The lowest BCUT2D eigenvalue weighted by Gasteiger charge is -2.42. The van der Waals surface area contributed by atoms with Gasteiger partial charge in [-0.25, -0.2) is 12.1 Å². The van der Waals surface area contributed by atoms with Gasteiger partial charge in [0.2, 0.25) is 10.0 Å². The van der Waals surface area contributed by atoms with E-state index >= 15 is 0 Å². The molecule has 2 rings (SSSR count). The molecule has 24 heavy (non-hydrogen) atoms. The predicted octanol–water partition coefficient (Wildman–Crippen LogP) is 5.81. The van der Waals surface area contributed by atoms with Crippen molar-refractivity contribution in [2.45, 2.75) is 44.2 Å². The zero-order chi connectivity index (χ0) is 18.5.